The fourth-order valence-corrected chi connectivity index (χ4v) is 4.08. The van der Waals surface area contributed by atoms with Crippen LogP contribution in [0.3, 0.4) is 0 Å². The van der Waals surface area contributed by atoms with Crippen LogP contribution in [-0.2, 0) is 71.3 Å². The lowest BCUT2D eigenvalue weighted by Gasteiger charge is -2.36. The molecular weight excluding hydrogens is 680 g/mol. The van der Waals surface area contributed by atoms with E-state index in [-0.39, 0.29) is 92.5 Å². The molecule has 17 heteroatoms. The second-order valence-corrected chi connectivity index (χ2v) is 12.1. The molecule has 0 saturated carbocycles. The number of esters is 3. The molecule has 0 aliphatic rings. The molecule has 0 fully saturated rings. The van der Waals surface area contributed by atoms with Crippen LogP contribution in [0.2, 0.25) is 0 Å². The molecule has 0 aromatic carbocycles. The Hall–Kier alpha value is -2.93. The van der Waals surface area contributed by atoms with Gasteiger partial charge in [0.2, 0.25) is 0 Å². The van der Waals surface area contributed by atoms with Crippen LogP contribution < -0.4 is 0 Å². The summed E-state index contributed by atoms with van der Waals surface area (Å²) in [4.78, 5) is 59.4. The van der Waals surface area contributed by atoms with Gasteiger partial charge in [0.25, 0.3) is 0 Å². The van der Waals surface area contributed by atoms with Gasteiger partial charge in [0.15, 0.2) is 0 Å². The summed E-state index contributed by atoms with van der Waals surface area (Å²) < 4.78 is 56.4. The number of carbonyl (C=O) groups excluding carboxylic acids is 3. The fraction of sp³-hybridized carbons (Fsp3) is 0.853. The standard InChI is InChI=1S/C34H60O17/c1-5-9-30(39)49-23-34(21-48-27-44-16-8-4,24-51-32(41)13-11-29(37)38)18-45-17-33(19-46-25-42-14-6-2,20-47-26-43-15-7-3)22-50-31(40)12-10-28(35)36/h5-27H2,1-4H3,(H,35,36)(H,37,38). The molecule has 0 bridgehead atoms. The second kappa shape index (κ2) is 30.7. The molecule has 17 nitrogen and oxygen atoms in total. The Morgan fingerprint density at radius 3 is 1.02 bits per heavy atom. The largest absolute Gasteiger partial charge is 0.481 e. The highest BCUT2D eigenvalue weighted by Gasteiger charge is 2.39. The summed E-state index contributed by atoms with van der Waals surface area (Å²) in [5.74, 6) is -4.36. The summed E-state index contributed by atoms with van der Waals surface area (Å²) in [6.07, 6.45) is 1.34. The van der Waals surface area contributed by atoms with Crippen LogP contribution in [0.15, 0.2) is 0 Å². The fourth-order valence-electron chi connectivity index (χ4n) is 4.08. The molecule has 2 N–H and O–H groups in total. The van der Waals surface area contributed by atoms with Gasteiger partial charge < -0.3 is 57.6 Å². The number of rotatable bonds is 36. The summed E-state index contributed by atoms with van der Waals surface area (Å²) in [7, 11) is 0. The van der Waals surface area contributed by atoms with Gasteiger partial charge in [-0.25, -0.2) is 0 Å². The number of ether oxygens (including phenoxy) is 10. The smallest absolute Gasteiger partial charge is 0.306 e. The zero-order valence-corrected chi connectivity index (χ0v) is 30.8. The minimum atomic E-state index is -1.28. The van der Waals surface area contributed by atoms with Gasteiger partial charge in [-0.15, -0.1) is 0 Å². The molecule has 0 heterocycles. The number of aliphatic carboxylic acids is 2. The molecule has 1 atom stereocenters. The van der Waals surface area contributed by atoms with Gasteiger partial charge in [-0.1, -0.05) is 27.7 Å². The SMILES string of the molecule is CCCOCOCC(COCOCCC)(COCC(COCOCCC)(COC(=O)CCC)COC(=O)CCC(=O)O)COC(=O)CCC(=O)O. The van der Waals surface area contributed by atoms with E-state index >= 15 is 0 Å². The lowest BCUT2D eigenvalue weighted by molar-refractivity contribution is -0.183. The molecule has 0 aromatic rings. The first kappa shape index (κ1) is 48.1. The molecule has 0 rings (SSSR count). The van der Waals surface area contributed by atoms with E-state index in [0.717, 1.165) is 19.3 Å². The summed E-state index contributed by atoms with van der Waals surface area (Å²) in [6.45, 7) is 7.01. The average Bonchev–Trinajstić information content (AvgIpc) is 3.10. The lowest BCUT2D eigenvalue weighted by atomic mass is 9.90. The van der Waals surface area contributed by atoms with Gasteiger partial charge in [0, 0.05) is 26.2 Å². The molecule has 0 radical (unpaired) electrons. The third kappa shape index (κ3) is 26.5. The maximum Gasteiger partial charge on any atom is 0.306 e. The van der Waals surface area contributed by atoms with Crippen LogP contribution in [-0.4, -0.2) is 133 Å². The zero-order chi connectivity index (χ0) is 38.2. The van der Waals surface area contributed by atoms with Crippen LogP contribution in [0.1, 0.15) is 85.5 Å². The van der Waals surface area contributed by atoms with Crippen LogP contribution in [0.4, 0.5) is 0 Å². The highest BCUT2D eigenvalue weighted by Crippen LogP contribution is 2.26. The van der Waals surface area contributed by atoms with Gasteiger partial charge in [-0.05, 0) is 25.7 Å². The van der Waals surface area contributed by atoms with E-state index in [1.54, 1.807) is 0 Å². The Labute approximate surface area is 300 Å². The van der Waals surface area contributed by atoms with Crippen molar-refractivity contribution in [3.63, 3.8) is 0 Å². The third-order valence-electron chi connectivity index (χ3n) is 6.74. The number of hydrogen-bond donors (Lipinski definition) is 2. The molecule has 0 aromatic heterocycles. The van der Waals surface area contributed by atoms with E-state index < -0.39 is 53.5 Å². The first-order valence-electron chi connectivity index (χ1n) is 17.4. The van der Waals surface area contributed by atoms with Crippen molar-refractivity contribution in [1.29, 1.82) is 0 Å². The van der Waals surface area contributed by atoms with Crippen molar-refractivity contribution in [1.82, 2.24) is 0 Å². The Balaban J connectivity index is 6.32. The van der Waals surface area contributed by atoms with Crippen LogP contribution in [0, 0.1) is 10.8 Å². The molecular formula is C34H60O17. The van der Waals surface area contributed by atoms with Crippen molar-refractivity contribution in [2.75, 3.05) is 93.1 Å². The Morgan fingerprint density at radius 2 is 0.706 bits per heavy atom. The Kier molecular flexibility index (Phi) is 28.9. The van der Waals surface area contributed by atoms with E-state index in [4.69, 9.17) is 57.6 Å². The Bertz CT molecular complexity index is 945. The molecule has 51 heavy (non-hydrogen) atoms. The highest BCUT2D eigenvalue weighted by molar-refractivity contribution is 5.77. The van der Waals surface area contributed by atoms with Crippen LogP contribution in [0.25, 0.3) is 0 Å². The predicted octanol–water partition coefficient (Wildman–Crippen LogP) is 3.34. The number of carboxylic acid groups (broad SMARTS) is 2. The van der Waals surface area contributed by atoms with E-state index in [2.05, 4.69) is 0 Å². The average molecular weight is 741 g/mol. The number of carboxylic acids is 2. The molecule has 1 unspecified atom stereocenters. The topological polar surface area (TPSA) is 218 Å². The summed E-state index contributed by atoms with van der Waals surface area (Å²) in [5, 5.41) is 18.0. The van der Waals surface area contributed by atoms with Crippen molar-refractivity contribution in [2.45, 2.75) is 85.5 Å². The molecule has 0 saturated heterocycles. The minimum absolute atomic E-state index is 0.0793. The lowest BCUT2D eigenvalue weighted by Crippen LogP contribution is -2.46. The maximum absolute atomic E-state index is 12.5. The molecule has 0 amide bonds. The first-order chi connectivity index (χ1) is 24.5. The van der Waals surface area contributed by atoms with E-state index in [9.17, 15) is 24.0 Å². The summed E-state index contributed by atoms with van der Waals surface area (Å²) in [5.41, 5.74) is -2.45. The summed E-state index contributed by atoms with van der Waals surface area (Å²) >= 11 is 0. The summed E-state index contributed by atoms with van der Waals surface area (Å²) in [6, 6.07) is 0. The maximum atomic E-state index is 12.5. The van der Waals surface area contributed by atoms with Crippen molar-refractivity contribution in [2.24, 2.45) is 10.8 Å². The Morgan fingerprint density at radius 1 is 0.392 bits per heavy atom. The van der Waals surface area contributed by atoms with Crippen molar-refractivity contribution in [3.8, 4) is 0 Å². The van der Waals surface area contributed by atoms with Crippen molar-refractivity contribution < 1.29 is 81.6 Å². The zero-order valence-electron chi connectivity index (χ0n) is 30.8. The van der Waals surface area contributed by atoms with Crippen LogP contribution >= 0.6 is 0 Å². The van der Waals surface area contributed by atoms with Gasteiger partial charge in [-0.3, -0.25) is 24.0 Å². The van der Waals surface area contributed by atoms with Crippen LogP contribution in [0.5, 0.6) is 0 Å². The molecule has 0 spiro atoms. The quantitative estimate of drug-likeness (QED) is 0.0407. The first-order valence-corrected chi connectivity index (χ1v) is 17.4. The van der Waals surface area contributed by atoms with E-state index in [0.29, 0.717) is 26.2 Å². The monoisotopic (exact) mass is 740 g/mol. The van der Waals surface area contributed by atoms with E-state index in [1.165, 1.54) is 0 Å². The second-order valence-electron chi connectivity index (χ2n) is 12.1. The van der Waals surface area contributed by atoms with E-state index in [1.807, 2.05) is 27.7 Å². The van der Waals surface area contributed by atoms with Gasteiger partial charge in [0.1, 0.15) is 40.2 Å². The molecule has 298 valence electrons. The van der Waals surface area contributed by atoms with Gasteiger partial charge >= 0.3 is 29.8 Å². The highest BCUT2D eigenvalue weighted by atomic mass is 16.7. The normalized spacial score (nSPS) is 12.6. The van der Waals surface area contributed by atoms with Crippen molar-refractivity contribution in [3.05, 3.63) is 0 Å². The minimum Gasteiger partial charge on any atom is -0.481 e. The molecule has 0 aliphatic carbocycles. The van der Waals surface area contributed by atoms with Gasteiger partial charge in [0.05, 0.1) is 69.5 Å². The third-order valence-corrected chi connectivity index (χ3v) is 6.74. The number of hydrogen-bond acceptors (Lipinski definition) is 15. The predicted molar refractivity (Wildman–Crippen MR) is 178 cm³/mol. The molecule has 0 aliphatic heterocycles. The van der Waals surface area contributed by atoms with Crippen molar-refractivity contribution >= 4 is 29.8 Å². The number of carbonyl (C=O) groups is 5. The van der Waals surface area contributed by atoms with Gasteiger partial charge in [-0.2, -0.15) is 0 Å².